The molecule has 0 spiro atoms. The summed E-state index contributed by atoms with van der Waals surface area (Å²) < 4.78 is 79.7. The molecular weight excluding hydrogens is 652 g/mol. The van der Waals surface area contributed by atoms with Crippen molar-refractivity contribution in [3.8, 4) is 11.8 Å². The number of halogens is 7. The van der Waals surface area contributed by atoms with Crippen LogP contribution in [0.15, 0.2) is 59.7 Å². The number of aromatic nitrogens is 2. The van der Waals surface area contributed by atoms with Gasteiger partial charge in [0, 0.05) is 0 Å². The molecule has 47 heavy (non-hydrogen) atoms. The van der Waals surface area contributed by atoms with E-state index < -0.39 is 42.6 Å². The topological polar surface area (TPSA) is 124 Å². The van der Waals surface area contributed by atoms with Crippen molar-refractivity contribution in [2.45, 2.75) is 51.5 Å². The normalized spacial score (nSPS) is 16.5. The molecule has 2 atom stereocenters. The zero-order valence-electron chi connectivity index (χ0n) is 24.9. The van der Waals surface area contributed by atoms with Crippen molar-refractivity contribution in [2.75, 3.05) is 11.9 Å². The molecule has 2 aromatic carbocycles. The Morgan fingerprint density at radius 1 is 1.11 bits per heavy atom. The molecule has 3 aromatic rings. The average Bonchev–Trinajstić information content (AvgIpc) is 3.32. The third kappa shape index (κ3) is 8.91. The molecule has 2 unspecified atom stereocenters. The summed E-state index contributed by atoms with van der Waals surface area (Å²) in [4.78, 5) is 30.4. The second kappa shape index (κ2) is 14.3. The fraction of sp³-hybridized carbons (Fsp3) is 0.323. The number of amides is 2. The Morgan fingerprint density at radius 3 is 2.49 bits per heavy atom. The Labute approximate surface area is 270 Å². The molecule has 4 rings (SSSR count). The van der Waals surface area contributed by atoms with Gasteiger partial charge < -0.3 is 16.0 Å². The van der Waals surface area contributed by atoms with E-state index >= 15 is 0 Å². The lowest BCUT2D eigenvalue weighted by Gasteiger charge is -2.17. The van der Waals surface area contributed by atoms with Crippen molar-refractivity contribution >= 4 is 34.9 Å². The minimum Gasteiger partial charge on any atom is -0.343 e. The average molecular weight is 680 g/mol. The molecule has 0 aliphatic carbocycles. The van der Waals surface area contributed by atoms with Crippen LogP contribution in [0, 0.1) is 24.2 Å². The van der Waals surface area contributed by atoms with Crippen molar-refractivity contribution in [1.82, 2.24) is 20.4 Å². The number of benzene rings is 2. The van der Waals surface area contributed by atoms with Crippen LogP contribution in [0.4, 0.5) is 32.0 Å². The molecule has 0 saturated carbocycles. The highest BCUT2D eigenvalue weighted by Gasteiger charge is 2.37. The standard InChI is InChI=1S/C31H28ClF6N7O2/c1-17-10-11-40-29(31(36,37)38)42-23(17)8-5-6-20-14-25(45(44-20)24-9-4-3-7-22(24)32)28(47)43-26-18(2)12-19(15-39)13-21(26)27(46)41-16-30(33,34)35/h3-4,7,9-14,17,23H,5-6,8,16H2,1-2H3,(H,40,42)(H,41,46)(H,43,47). The molecule has 0 bridgehead atoms. The number of hydrogen-bond acceptors (Lipinski definition) is 6. The van der Waals surface area contributed by atoms with E-state index in [1.54, 1.807) is 42.6 Å². The third-order valence-electron chi connectivity index (χ3n) is 7.19. The lowest BCUT2D eigenvalue weighted by molar-refractivity contribution is -0.123. The molecule has 9 nitrogen and oxygen atoms in total. The molecule has 0 radical (unpaired) electrons. The van der Waals surface area contributed by atoms with Crippen LogP contribution in [0.5, 0.6) is 0 Å². The van der Waals surface area contributed by atoms with Gasteiger partial charge in [-0.05, 0) is 74.2 Å². The van der Waals surface area contributed by atoms with Crippen molar-refractivity contribution < 1.29 is 35.9 Å². The van der Waals surface area contributed by atoms with E-state index in [1.807, 2.05) is 6.07 Å². The number of carbonyl (C=O) groups is 2. The number of nitrogens with one attached hydrogen (secondary N) is 3. The minimum absolute atomic E-state index is 0.0120. The van der Waals surface area contributed by atoms with E-state index in [1.165, 1.54) is 29.9 Å². The first-order valence-corrected chi connectivity index (χ1v) is 14.6. The summed E-state index contributed by atoms with van der Waals surface area (Å²) in [5.41, 5.74) is 0.404. The number of nitrogens with zero attached hydrogens (tertiary/aromatic N) is 4. The maximum Gasteiger partial charge on any atom is 0.449 e. The van der Waals surface area contributed by atoms with Gasteiger partial charge in [-0.25, -0.2) is 4.68 Å². The fourth-order valence-corrected chi connectivity index (χ4v) is 5.09. The zero-order valence-corrected chi connectivity index (χ0v) is 25.7. The lowest BCUT2D eigenvalue weighted by Crippen LogP contribution is -2.34. The molecule has 1 aromatic heterocycles. The van der Waals surface area contributed by atoms with Crippen LogP contribution < -0.4 is 16.0 Å². The molecule has 0 fully saturated rings. The Balaban J connectivity index is 1.64. The summed E-state index contributed by atoms with van der Waals surface area (Å²) in [6.07, 6.45) is -5.65. The van der Waals surface area contributed by atoms with Crippen LogP contribution in [-0.2, 0) is 6.42 Å². The van der Waals surface area contributed by atoms with E-state index in [4.69, 9.17) is 11.6 Å². The second-order valence-electron chi connectivity index (χ2n) is 10.8. The number of anilines is 1. The first kappa shape index (κ1) is 35.0. The number of hydrogen-bond donors (Lipinski definition) is 3. The summed E-state index contributed by atoms with van der Waals surface area (Å²) in [6.45, 7) is 1.59. The third-order valence-corrected chi connectivity index (χ3v) is 7.51. The number of rotatable bonds is 9. The molecule has 248 valence electrons. The molecule has 2 amide bonds. The van der Waals surface area contributed by atoms with Gasteiger partial charge in [0.1, 0.15) is 12.2 Å². The monoisotopic (exact) mass is 679 g/mol. The Bertz CT molecular complexity index is 1760. The predicted octanol–water partition coefficient (Wildman–Crippen LogP) is 6.66. The Kier molecular flexibility index (Phi) is 10.6. The van der Waals surface area contributed by atoms with Gasteiger partial charge in [0.05, 0.1) is 45.3 Å². The molecule has 3 N–H and O–H groups in total. The van der Waals surface area contributed by atoms with Gasteiger partial charge in [-0.3, -0.25) is 14.6 Å². The molecule has 2 heterocycles. The summed E-state index contributed by atoms with van der Waals surface area (Å²) in [5.74, 6) is -3.33. The number of amidine groups is 1. The highest BCUT2D eigenvalue weighted by Crippen LogP contribution is 2.28. The largest absolute Gasteiger partial charge is 0.449 e. The lowest BCUT2D eigenvalue weighted by atomic mass is 9.97. The van der Waals surface area contributed by atoms with Gasteiger partial charge in [-0.1, -0.05) is 36.7 Å². The number of aliphatic imine (C=N–C) groups is 1. The molecule has 0 saturated heterocycles. The van der Waals surface area contributed by atoms with E-state index in [0.717, 1.165) is 6.07 Å². The van der Waals surface area contributed by atoms with Gasteiger partial charge in [-0.2, -0.15) is 36.7 Å². The van der Waals surface area contributed by atoms with Gasteiger partial charge in [-0.15, -0.1) is 0 Å². The zero-order chi connectivity index (χ0) is 34.5. The highest BCUT2D eigenvalue weighted by molar-refractivity contribution is 6.32. The molecular formula is C31H28ClF6N7O2. The Hall–Kier alpha value is -4.84. The van der Waals surface area contributed by atoms with Crippen LogP contribution in [0.2, 0.25) is 5.02 Å². The van der Waals surface area contributed by atoms with Crippen molar-refractivity contribution in [2.24, 2.45) is 10.9 Å². The smallest absolute Gasteiger partial charge is 0.343 e. The van der Waals surface area contributed by atoms with E-state index in [2.05, 4.69) is 20.7 Å². The van der Waals surface area contributed by atoms with Crippen molar-refractivity contribution in [3.63, 3.8) is 0 Å². The van der Waals surface area contributed by atoms with E-state index in [-0.39, 0.29) is 51.9 Å². The minimum atomic E-state index is -4.70. The molecule has 1 aliphatic heterocycles. The summed E-state index contributed by atoms with van der Waals surface area (Å²) in [5, 5.41) is 20.6. The number of alkyl halides is 6. The van der Waals surface area contributed by atoms with Crippen LogP contribution >= 0.6 is 11.6 Å². The van der Waals surface area contributed by atoms with Gasteiger partial charge in [0.25, 0.3) is 11.8 Å². The van der Waals surface area contributed by atoms with E-state index in [0.29, 0.717) is 17.8 Å². The molecule has 16 heteroatoms. The van der Waals surface area contributed by atoms with Gasteiger partial charge in [0.2, 0.25) is 5.84 Å². The predicted molar refractivity (Wildman–Crippen MR) is 162 cm³/mol. The van der Waals surface area contributed by atoms with Crippen LogP contribution in [0.3, 0.4) is 0 Å². The highest BCUT2D eigenvalue weighted by atomic mass is 35.5. The van der Waals surface area contributed by atoms with Crippen molar-refractivity contribution in [1.29, 1.82) is 5.26 Å². The maximum absolute atomic E-state index is 13.7. The maximum atomic E-state index is 13.7. The second-order valence-corrected chi connectivity index (χ2v) is 11.2. The number of aryl methyl sites for hydroxylation is 2. The quantitative estimate of drug-likeness (QED) is 0.219. The first-order chi connectivity index (χ1) is 22.1. The number of nitriles is 1. The fourth-order valence-electron chi connectivity index (χ4n) is 4.87. The number of carbonyl (C=O) groups excluding carboxylic acids is 2. The SMILES string of the molecule is Cc1cc(C#N)cc(C(=O)NCC(F)(F)F)c1NC(=O)c1cc(CCCC2N=C(C(F)(F)F)NC=CC2C)nn1-c1ccccc1Cl. The summed E-state index contributed by atoms with van der Waals surface area (Å²) in [7, 11) is 0. The molecule has 1 aliphatic rings. The first-order valence-electron chi connectivity index (χ1n) is 14.2. The van der Waals surface area contributed by atoms with Crippen molar-refractivity contribution in [3.05, 3.63) is 87.8 Å². The van der Waals surface area contributed by atoms with Crippen LogP contribution in [0.25, 0.3) is 5.69 Å². The van der Waals surface area contributed by atoms with Gasteiger partial charge >= 0.3 is 12.4 Å². The van der Waals surface area contributed by atoms with Crippen LogP contribution in [0.1, 0.15) is 57.4 Å². The van der Waals surface area contributed by atoms with Gasteiger partial charge in [0.15, 0.2) is 0 Å². The Morgan fingerprint density at radius 2 is 1.83 bits per heavy atom. The summed E-state index contributed by atoms with van der Waals surface area (Å²) in [6, 6.07) is 11.5. The van der Waals surface area contributed by atoms with Crippen LogP contribution in [-0.4, -0.2) is 52.4 Å². The number of para-hydroxylation sites is 1. The van der Waals surface area contributed by atoms with E-state index in [9.17, 15) is 41.2 Å². The summed E-state index contributed by atoms with van der Waals surface area (Å²) >= 11 is 6.40.